The molecule has 0 bridgehead atoms. The van der Waals surface area contributed by atoms with Crippen LogP contribution in [0.2, 0.25) is 0 Å². The van der Waals surface area contributed by atoms with Gasteiger partial charge in [-0.15, -0.1) is 12.3 Å². The van der Waals surface area contributed by atoms with Crippen molar-refractivity contribution in [1.29, 1.82) is 0 Å². The molecule has 1 aliphatic carbocycles. The van der Waals surface area contributed by atoms with Gasteiger partial charge < -0.3 is 36.2 Å². The minimum atomic E-state index is -1.20. The lowest BCUT2D eigenvalue weighted by atomic mass is 9.79. The van der Waals surface area contributed by atoms with Crippen LogP contribution in [0.15, 0.2) is 0 Å². The quantitative estimate of drug-likeness (QED) is 0.152. The SMILES string of the molecule is C#CC[C@H](NC(=O)[C@@H]1CCCCN1C(=O)[C@@H](NC(=O)C[C@H](C)C1CCCCC1)C(C)C)C(=O)N1CCC[C@H]1C(=O)N[C@H](C(=O)NCCC)[C@@H](C)O. The molecule has 13 nitrogen and oxygen atoms in total. The molecule has 13 heteroatoms. The van der Waals surface area contributed by atoms with Crippen molar-refractivity contribution >= 4 is 35.4 Å². The highest BCUT2D eigenvalue weighted by Gasteiger charge is 2.42. The molecule has 0 spiro atoms. The third-order valence-electron chi connectivity index (χ3n) is 10.7. The predicted octanol–water partition coefficient (Wildman–Crippen LogP) is 2.01. The minimum Gasteiger partial charge on any atom is -0.391 e. The van der Waals surface area contributed by atoms with Gasteiger partial charge in [-0.2, -0.15) is 0 Å². The molecule has 2 aliphatic heterocycles. The molecule has 2 heterocycles. The number of nitrogens with one attached hydrogen (secondary N) is 4. The third kappa shape index (κ3) is 11.7. The summed E-state index contributed by atoms with van der Waals surface area (Å²) in [7, 11) is 0. The van der Waals surface area contributed by atoms with Crippen LogP contribution in [-0.2, 0) is 28.8 Å². The highest BCUT2D eigenvalue weighted by atomic mass is 16.3. The second-order valence-corrected chi connectivity index (χ2v) is 15.1. The van der Waals surface area contributed by atoms with Gasteiger partial charge >= 0.3 is 0 Å². The molecule has 0 aromatic rings. The second-order valence-electron chi connectivity index (χ2n) is 15.1. The molecule has 1 saturated carbocycles. The van der Waals surface area contributed by atoms with Crippen LogP contribution < -0.4 is 21.3 Å². The molecule has 3 fully saturated rings. The third-order valence-corrected chi connectivity index (χ3v) is 10.7. The Morgan fingerprint density at radius 3 is 1.96 bits per heavy atom. The van der Waals surface area contributed by atoms with Crippen molar-refractivity contribution in [3.63, 3.8) is 0 Å². The molecule has 0 unspecified atom stereocenters. The molecule has 5 N–H and O–H groups in total. The largest absolute Gasteiger partial charge is 0.391 e. The zero-order valence-electron chi connectivity index (χ0n) is 31.4. The fourth-order valence-electron chi connectivity index (χ4n) is 7.66. The van der Waals surface area contributed by atoms with Gasteiger partial charge in [0.25, 0.3) is 0 Å². The number of rotatable bonds is 16. The van der Waals surface area contributed by atoms with E-state index in [4.69, 9.17) is 6.42 Å². The highest BCUT2D eigenvalue weighted by molar-refractivity contribution is 5.97. The van der Waals surface area contributed by atoms with Gasteiger partial charge in [-0.1, -0.05) is 59.8 Å². The number of amides is 6. The first-order valence-electron chi connectivity index (χ1n) is 19.2. The first-order chi connectivity index (χ1) is 24.3. The normalized spacial score (nSPS) is 22.5. The zero-order valence-corrected chi connectivity index (χ0v) is 31.4. The van der Waals surface area contributed by atoms with E-state index in [1.165, 1.54) is 36.0 Å². The Bertz CT molecular complexity index is 1260. The first kappa shape index (κ1) is 41.8. The summed E-state index contributed by atoms with van der Waals surface area (Å²) in [5.74, 6) is 0.342. The van der Waals surface area contributed by atoms with Crippen molar-refractivity contribution in [2.75, 3.05) is 19.6 Å². The van der Waals surface area contributed by atoms with Crippen LogP contribution >= 0.6 is 0 Å². The van der Waals surface area contributed by atoms with E-state index in [1.54, 1.807) is 0 Å². The Hall–Kier alpha value is -3.66. The van der Waals surface area contributed by atoms with Gasteiger partial charge in [0, 0.05) is 32.5 Å². The van der Waals surface area contributed by atoms with Gasteiger partial charge in [-0.3, -0.25) is 28.8 Å². The molecule has 51 heavy (non-hydrogen) atoms. The zero-order chi connectivity index (χ0) is 37.7. The number of hydrogen-bond acceptors (Lipinski definition) is 7. The second kappa shape index (κ2) is 20.4. The van der Waals surface area contributed by atoms with Gasteiger partial charge in [-0.05, 0) is 63.2 Å². The average molecular weight is 715 g/mol. The van der Waals surface area contributed by atoms with Gasteiger partial charge in [0.15, 0.2) is 0 Å². The summed E-state index contributed by atoms with van der Waals surface area (Å²) < 4.78 is 0. The van der Waals surface area contributed by atoms with Crippen molar-refractivity contribution < 1.29 is 33.9 Å². The van der Waals surface area contributed by atoms with Crippen LogP contribution in [0.4, 0.5) is 0 Å². The van der Waals surface area contributed by atoms with Crippen molar-refractivity contribution in [3.05, 3.63) is 0 Å². The number of nitrogens with zero attached hydrogens (tertiary/aromatic N) is 2. The van der Waals surface area contributed by atoms with E-state index in [2.05, 4.69) is 34.1 Å². The Balaban J connectivity index is 1.69. The maximum Gasteiger partial charge on any atom is 0.246 e. The summed E-state index contributed by atoms with van der Waals surface area (Å²) in [5.41, 5.74) is 0. The topological polar surface area (TPSA) is 177 Å². The number of hydrogen-bond donors (Lipinski definition) is 5. The molecule has 0 aromatic heterocycles. The fraction of sp³-hybridized carbons (Fsp3) is 0.789. The van der Waals surface area contributed by atoms with E-state index in [1.807, 2.05) is 20.8 Å². The van der Waals surface area contributed by atoms with Gasteiger partial charge in [0.05, 0.1) is 6.10 Å². The first-order valence-corrected chi connectivity index (χ1v) is 19.2. The standard InChI is InChI=1S/C38H62N6O7/c1-7-15-28(37(50)43-22-14-19-30(43)35(48)42-33(26(6)45)36(49)39-20-8-2)40-34(47)29-18-12-13-21-44(29)38(51)32(24(3)4)41-31(46)23-25(5)27-16-10-9-11-17-27/h1,24-30,32-33,45H,8-23H2,2-6H3,(H,39,49)(H,40,47)(H,41,46)(H,42,48)/t25-,26+,28-,29-,30-,32-,33-/m0/s1. The molecule has 0 aromatic carbocycles. The fourth-order valence-corrected chi connectivity index (χ4v) is 7.66. The molecule has 0 radical (unpaired) electrons. The molecule has 2 saturated heterocycles. The minimum absolute atomic E-state index is 0.129. The number of likely N-dealkylation sites (tertiary alicyclic amines) is 2. The molecule has 3 aliphatic rings. The van der Waals surface area contributed by atoms with Crippen LogP contribution in [0, 0.1) is 30.1 Å². The van der Waals surface area contributed by atoms with Crippen molar-refractivity contribution in [1.82, 2.24) is 31.1 Å². The van der Waals surface area contributed by atoms with Crippen molar-refractivity contribution in [2.45, 2.75) is 154 Å². The summed E-state index contributed by atoms with van der Waals surface area (Å²) in [5, 5.41) is 21.3. The number of carbonyl (C=O) groups excluding carboxylic acids is 6. The summed E-state index contributed by atoms with van der Waals surface area (Å²) in [6.07, 6.45) is 13.9. The van der Waals surface area contributed by atoms with Crippen molar-refractivity contribution in [2.24, 2.45) is 17.8 Å². The maximum absolute atomic E-state index is 14.0. The molecular formula is C38H62N6O7. The van der Waals surface area contributed by atoms with Crippen LogP contribution in [0.5, 0.6) is 0 Å². The van der Waals surface area contributed by atoms with Crippen molar-refractivity contribution in [3.8, 4) is 12.3 Å². The van der Waals surface area contributed by atoms with Crippen LogP contribution in [0.3, 0.4) is 0 Å². The molecule has 7 atom stereocenters. The molecule has 286 valence electrons. The molecule has 6 amide bonds. The highest BCUT2D eigenvalue weighted by Crippen LogP contribution is 2.31. The van der Waals surface area contributed by atoms with E-state index in [9.17, 15) is 33.9 Å². The van der Waals surface area contributed by atoms with E-state index in [0.717, 1.165) is 12.8 Å². The van der Waals surface area contributed by atoms with Gasteiger partial charge in [0.1, 0.15) is 30.2 Å². The lowest BCUT2D eigenvalue weighted by molar-refractivity contribution is -0.147. The van der Waals surface area contributed by atoms with Crippen LogP contribution in [-0.4, -0.2) is 106 Å². The van der Waals surface area contributed by atoms with E-state index >= 15 is 0 Å². The molecular weight excluding hydrogens is 652 g/mol. The lowest BCUT2D eigenvalue weighted by Gasteiger charge is -2.38. The van der Waals surface area contributed by atoms with E-state index in [0.29, 0.717) is 64.0 Å². The van der Waals surface area contributed by atoms with E-state index < -0.39 is 59.9 Å². The lowest BCUT2D eigenvalue weighted by Crippen LogP contribution is -2.61. The molecule has 3 rings (SSSR count). The summed E-state index contributed by atoms with van der Waals surface area (Å²) in [4.78, 5) is 83.8. The number of piperidine rings is 1. The predicted molar refractivity (Wildman–Crippen MR) is 194 cm³/mol. The number of carbonyl (C=O) groups is 6. The average Bonchev–Trinajstić information content (AvgIpc) is 3.61. The Kier molecular flexibility index (Phi) is 16.7. The number of aliphatic hydroxyl groups excluding tert-OH is 1. The number of aliphatic hydroxyl groups is 1. The number of terminal acetylenes is 1. The Morgan fingerprint density at radius 1 is 0.765 bits per heavy atom. The summed E-state index contributed by atoms with van der Waals surface area (Å²) in [6, 6.07) is -4.91. The van der Waals surface area contributed by atoms with Gasteiger partial charge in [-0.25, -0.2) is 0 Å². The Labute approximate surface area is 304 Å². The summed E-state index contributed by atoms with van der Waals surface area (Å²) in [6.45, 7) is 10.1. The van der Waals surface area contributed by atoms with Crippen LogP contribution in [0.1, 0.15) is 118 Å². The summed E-state index contributed by atoms with van der Waals surface area (Å²) >= 11 is 0. The van der Waals surface area contributed by atoms with E-state index in [-0.39, 0.29) is 36.6 Å². The Morgan fingerprint density at radius 2 is 1.35 bits per heavy atom. The maximum atomic E-state index is 14.0. The smallest absolute Gasteiger partial charge is 0.246 e. The van der Waals surface area contributed by atoms with Gasteiger partial charge in [0.2, 0.25) is 35.4 Å². The van der Waals surface area contributed by atoms with Crippen LogP contribution in [0.25, 0.3) is 0 Å². The monoisotopic (exact) mass is 714 g/mol.